The number of anilines is 1. The van der Waals surface area contributed by atoms with Crippen LogP contribution in [-0.2, 0) is 18.8 Å². The first-order chi connectivity index (χ1) is 28.9. The number of aromatic hydroxyl groups is 1. The molecule has 2 fully saturated rings. The lowest BCUT2D eigenvalue weighted by Crippen LogP contribution is -2.66. The Morgan fingerprint density at radius 3 is 2.25 bits per heavy atom. The first-order valence-electron chi connectivity index (χ1n) is 20.4. The normalized spacial score (nSPS) is 20.7. The number of halogens is 1. The molecule has 5 aromatic rings. The van der Waals surface area contributed by atoms with Crippen LogP contribution in [0.3, 0.4) is 0 Å². The van der Waals surface area contributed by atoms with Crippen LogP contribution >= 0.6 is 15.9 Å². The highest BCUT2D eigenvalue weighted by molar-refractivity contribution is 9.10. The maximum atomic E-state index is 14.6. The summed E-state index contributed by atoms with van der Waals surface area (Å²) in [4.78, 5) is 34.9. The number of hydrogen-bond acceptors (Lipinski definition) is 8. The van der Waals surface area contributed by atoms with E-state index in [1.807, 2.05) is 42.5 Å². The molecule has 0 unspecified atom stereocenters. The van der Waals surface area contributed by atoms with Crippen molar-refractivity contribution in [3.05, 3.63) is 154 Å². The summed E-state index contributed by atoms with van der Waals surface area (Å²) in [6.45, 7) is 7.23. The Bertz CT molecular complexity index is 2400. The molecule has 3 heterocycles. The molecule has 0 radical (unpaired) electrons. The molecule has 12 heteroatoms. The second kappa shape index (κ2) is 17.2. The number of fused-ring (bicyclic) bond motifs is 3. The number of rotatable bonds is 12. The number of carbonyl (C=O) groups is 2. The molecule has 60 heavy (non-hydrogen) atoms. The van der Waals surface area contributed by atoms with Gasteiger partial charge < -0.3 is 24.3 Å². The number of phenolic OH excluding ortho intramolecular Hbond substituents is 1. The summed E-state index contributed by atoms with van der Waals surface area (Å²) in [5.41, 5.74) is 4.85. The number of carbonyl (C=O) groups excluding carboxylic acids is 2. The zero-order valence-corrected chi connectivity index (χ0v) is 36.5. The van der Waals surface area contributed by atoms with Crippen LogP contribution in [0.15, 0.2) is 143 Å². The summed E-state index contributed by atoms with van der Waals surface area (Å²) in [5, 5.41) is 32.7. The summed E-state index contributed by atoms with van der Waals surface area (Å²) in [6, 6.07) is 38.3. The first-order valence-corrected chi connectivity index (χ1v) is 23.1. The number of hydrogen-bond donors (Lipinski definition) is 3. The number of pyridine rings is 1. The lowest BCUT2D eigenvalue weighted by atomic mass is 9.69. The van der Waals surface area contributed by atoms with Crippen molar-refractivity contribution < 1.29 is 33.9 Å². The average molecular weight is 884 g/mol. The maximum Gasteiger partial charge on any atom is 0.488 e. The van der Waals surface area contributed by atoms with Gasteiger partial charge in [0.1, 0.15) is 5.75 Å². The molecule has 2 amide bonds. The molecule has 3 N–H and O–H groups in total. The molecule has 4 aromatic carbocycles. The van der Waals surface area contributed by atoms with Crippen molar-refractivity contribution in [1.82, 2.24) is 4.98 Å². The molecule has 0 spiro atoms. The molecule has 0 bridgehead atoms. The zero-order valence-electron chi connectivity index (χ0n) is 33.9. The molecular formula is C48H48BBrN2O7Si. The average Bonchev–Trinajstić information content (AvgIpc) is 3.78. The number of aromatic nitrogens is 1. The van der Waals surface area contributed by atoms with E-state index in [0.29, 0.717) is 30.5 Å². The molecule has 1 aliphatic carbocycles. The van der Waals surface area contributed by atoms with E-state index in [-0.39, 0.29) is 53.3 Å². The third-order valence-electron chi connectivity index (χ3n) is 12.3. The standard InChI is InChI=1S/C48H48BBrN2O7Si/c1-48(2,3)60(37-15-6-4-7-16-37,38-17-8-5-9-18-38)59-29-33-27-39-45(47(55)52(46(39)54)36-14-12-13-34(28-36)49(56)57)40-30-58-43(44(33)40)23-20-31(41-19-10-11-24-51-41)25-32-26-35(50)21-22-42(32)53/h4-19,21-22,24-26,28,39-40,43,45,53,56-57H,20,23,27,29-30H2,1-3H3/b31-25-/t39-,40+,43-,45-/m1/s1. The third kappa shape index (κ3) is 7.88. The molecule has 4 atom stereocenters. The fourth-order valence-electron chi connectivity index (χ4n) is 9.58. The smallest absolute Gasteiger partial charge is 0.488 e. The highest BCUT2D eigenvalue weighted by Gasteiger charge is 2.58. The fourth-order valence-corrected chi connectivity index (χ4v) is 14.5. The molecule has 1 aromatic heterocycles. The molecule has 2 aliphatic heterocycles. The quantitative estimate of drug-likeness (QED) is 0.0723. The van der Waals surface area contributed by atoms with Crippen molar-refractivity contribution in [3.8, 4) is 5.75 Å². The van der Waals surface area contributed by atoms with Crippen molar-refractivity contribution in [3.63, 3.8) is 0 Å². The lowest BCUT2D eigenvalue weighted by Gasteiger charge is -2.44. The second-order valence-electron chi connectivity index (χ2n) is 16.9. The van der Waals surface area contributed by atoms with Crippen molar-refractivity contribution in [2.24, 2.45) is 17.8 Å². The molecule has 2 saturated heterocycles. The Kier molecular flexibility index (Phi) is 12.0. The van der Waals surface area contributed by atoms with Crippen LogP contribution in [0.2, 0.25) is 5.04 Å². The van der Waals surface area contributed by atoms with Crippen molar-refractivity contribution >= 4 is 76.4 Å². The van der Waals surface area contributed by atoms with Gasteiger partial charge in [-0.3, -0.25) is 19.5 Å². The minimum Gasteiger partial charge on any atom is -0.507 e. The molecule has 0 saturated carbocycles. The zero-order chi connectivity index (χ0) is 42.2. The van der Waals surface area contributed by atoms with E-state index in [9.17, 15) is 24.7 Å². The van der Waals surface area contributed by atoms with E-state index in [0.717, 1.165) is 37.3 Å². The van der Waals surface area contributed by atoms with Crippen molar-refractivity contribution in [1.29, 1.82) is 0 Å². The third-order valence-corrected chi connectivity index (χ3v) is 17.8. The van der Waals surface area contributed by atoms with Crippen LogP contribution in [-0.4, -0.2) is 66.7 Å². The number of amides is 2. The Balaban J connectivity index is 1.20. The van der Waals surface area contributed by atoms with Crippen LogP contribution in [0, 0.1) is 17.8 Å². The number of ether oxygens (including phenoxy) is 1. The second-order valence-corrected chi connectivity index (χ2v) is 22.1. The number of allylic oxidation sites excluding steroid dienone is 1. The molecule has 8 rings (SSSR count). The molecule has 3 aliphatic rings. The van der Waals surface area contributed by atoms with Crippen LogP contribution in [0.1, 0.15) is 51.3 Å². The topological polar surface area (TPSA) is 129 Å². The van der Waals surface area contributed by atoms with Crippen LogP contribution in [0.4, 0.5) is 5.69 Å². The summed E-state index contributed by atoms with van der Waals surface area (Å²) in [7, 11) is -4.76. The minimum atomic E-state index is -3.01. The highest BCUT2D eigenvalue weighted by atomic mass is 79.9. The van der Waals surface area contributed by atoms with E-state index >= 15 is 0 Å². The van der Waals surface area contributed by atoms with Crippen molar-refractivity contribution in [2.45, 2.75) is 51.2 Å². The largest absolute Gasteiger partial charge is 0.507 e. The summed E-state index contributed by atoms with van der Waals surface area (Å²) < 4.78 is 15.1. The van der Waals surface area contributed by atoms with Gasteiger partial charge in [-0.2, -0.15) is 0 Å². The van der Waals surface area contributed by atoms with Gasteiger partial charge in [0.25, 0.3) is 8.32 Å². The monoisotopic (exact) mass is 882 g/mol. The number of benzene rings is 4. The first kappa shape index (κ1) is 41.8. The summed E-state index contributed by atoms with van der Waals surface area (Å²) in [5.74, 6) is -2.13. The Morgan fingerprint density at radius 1 is 0.900 bits per heavy atom. The van der Waals surface area contributed by atoms with E-state index < -0.39 is 27.3 Å². The van der Waals surface area contributed by atoms with Crippen molar-refractivity contribution in [2.75, 3.05) is 18.1 Å². The Hall–Kier alpha value is -4.95. The predicted octanol–water partition coefficient (Wildman–Crippen LogP) is 6.65. The maximum absolute atomic E-state index is 14.6. The van der Waals surface area contributed by atoms with E-state index in [1.165, 1.54) is 11.0 Å². The van der Waals surface area contributed by atoms with Gasteiger partial charge in [-0.15, -0.1) is 0 Å². The molecule has 306 valence electrons. The molecule has 9 nitrogen and oxygen atoms in total. The van der Waals surface area contributed by atoms with Gasteiger partial charge in [0, 0.05) is 22.2 Å². The number of imide groups is 1. The number of nitrogens with zero attached hydrogens (tertiary/aromatic N) is 2. The fraction of sp³-hybridized carbons (Fsp3) is 0.271. The van der Waals surface area contributed by atoms with E-state index in [2.05, 4.69) is 90.2 Å². The highest BCUT2D eigenvalue weighted by Crippen LogP contribution is 2.51. The van der Waals surface area contributed by atoms with Crippen LogP contribution < -0.4 is 20.7 Å². The lowest BCUT2D eigenvalue weighted by molar-refractivity contribution is -0.122. The SMILES string of the molecule is CC(C)(C)[Si](OCC1=C2[C@@H](CC/C(=C/c3cc(Br)ccc3O)c3ccccn3)OC[C@@H]2[C@@H]2C(=O)N(c3cccc(B(O)O)c3)C(=O)[C@@H]2C1)(c1ccccc1)c1ccccc1. The van der Waals surface area contributed by atoms with Crippen LogP contribution in [0.5, 0.6) is 5.75 Å². The van der Waals surface area contributed by atoms with Gasteiger partial charge in [0.05, 0.1) is 42.5 Å². The number of phenols is 1. The minimum absolute atomic E-state index is 0.153. The van der Waals surface area contributed by atoms with Gasteiger partial charge in [0.15, 0.2) is 0 Å². The van der Waals surface area contributed by atoms with E-state index in [4.69, 9.17) is 9.16 Å². The van der Waals surface area contributed by atoms with E-state index in [1.54, 1.807) is 36.5 Å². The van der Waals surface area contributed by atoms with Gasteiger partial charge in [-0.1, -0.05) is 116 Å². The molecular weight excluding hydrogens is 835 g/mol. The van der Waals surface area contributed by atoms with Gasteiger partial charge in [-0.25, -0.2) is 0 Å². The Labute approximate surface area is 360 Å². The Morgan fingerprint density at radius 2 is 1.60 bits per heavy atom. The van der Waals surface area contributed by atoms with Gasteiger partial charge in [-0.05, 0) is 105 Å². The van der Waals surface area contributed by atoms with Crippen LogP contribution in [0.25, 0.3) is 11.6 Å². The van der Waals surface area contributed by atoms with Gasteiger partial charge >= 0.3 is 7.12 Å². The van der Waals surface area contributed by atoms with Gasteiger partial charge in [0.2, 0.25) is 11.8 Å². The predicted molar refractivity (Wildman–Crippen MR) is 241 cm³/mol. The summed E-state index contributed by atoms with van der Waals surface area (Å²) in [6.07, 6.45) is 4.78. The summed E-state index contributed by atoms with van der Waals surface area (Å²) >= 11 is 3.54.